The molecule has 5 heteroatoms. The predicted octanol–water partition coefficient (Wildman–Crippen LogP) is 2.60. The van der Waals surface area contributed by atoms with Gasteiger partial charge in [-0.05, 0) is 56.6 Å². The van der Waals surface area contributed by atoms with Gasteiger partial charge >= 0.3 is 0 Å². The maximum atomic E-state index is 13.7. The molecule has 3 nitrogen and oxygen atoms in total. The van der Waals surface area contributed by atoms with Crippen LogP contribution in [-0.2, 0) is 0 Å². The van der Waals surface area contributed by atoms with E-state index in [4.69, 9.17) is 18.0 Å². The van der Waals surface area contributed by atoms with Crippen molar-refractivity contribution < 1.29 is 4.39 Å². The number of piperidine rings is 1. The van der Waals surface area contributed by atoms with Crippen LogP contribution in [0.2, 0.25) is 0 Å². The van der Waals surface area contributed by atoms with Gasteiger partial charge in [0.05, 0.1) is 0 Å². The second-order valence-corrected chi connectivity index (χ2v) is 5.76. The van der Waals surface area contributed by atoms with Crippen LogP contribution < -0.4 is 11.1 Å². The van der Waals surface area contributed by atoms with Gasteiger partial charge in [0.25, 0.3) is 0 Å². The molecule has 3 N–H and O–H groups in total. The third-order valence-corrected chi connectivity index (χ3v) is 4.20. The summed E-state index contributed by atoms with van der Waals surface area (Å²) < 4.78 is 13.7. The van der Waals surface area contributed by atoms with Gasteiger partial charge in [-0.15, -0.1) is 0 Å². The van der Waals surface area contributed by atoms with Gasteiger partial charge in [0.1, 0.15) is 10.8 Å². The molecule has 1 aliphatic heterocycles. The predicted molar refractivity (Wildman–Crippen MR) is 85.6 cm³/mol. The van der Waals surface area contributed by atoms with E-state index in [9.17, 15) is 4.39 Å². The molecule has 2 rings (SSSR count). The molecule has 0 aromatic heterocycles. The number of thiocarbonyl (C=S) groups is 1. The Morgan fingerprint density at radius 3 is 2.70 bits per heavy atom. The zero-order valence-electron chi connectivity index (χ0n) is 11.9. The number of nitrogens with zero attached hydrogens (tertiary/aromatic N) is 1. The van der Waals surface area contributed by atoms with Gasteiger partial charge in [-0.1, -0.05) is 19.1 Å². The maximum absolute atomic E-state index is 13.7. The fraction of sp³-hybridized carbons (Fsp3) is 0.533. The first-order chi connectivity index (χ1) is 9.60. The van der Waals surface area contributed by atoms with Gasteiger partial charge in [-0.3, -0.25) is 0 Å². The summed E-state index contributed by atoms with van der Waals surface area (Å²) in [6.07, 6.45) is 2.41. The normalized spacial score (nSPS) is 17.1. The molecular formula is C15H22FN3S. The van der Waals surface area contributed by atoms with Crippen molar-refractivity contribution in [1.29, 1.82) is 0 Å². The zero-order chi connectivity index (χ0) is 14.5. The SMILES string of the molecule is CCN1CCC(CNc2ccc(C(N)=S)c(F)c2)CC1. The van der Waals surface area contributed by atoms with E-state index < -0.39 is 0 Å². The summed E-state index contributed by atoms with van der Waals surface area (Å²) in [5, 5.41) is 3.31. The van der Waals surface area contributed by atoms with Crippen molar-refractivity contribution in [2.45, 2.75) is 19.8 Å². The molecule has 0 amide bonds. The number of benzene rings is 1. The summed E-state index contributed by atoms with van der Waals surface area (Å²) in [7, 11) is 0. The Kier molecular flexibility index (Phi) is 5.31. The summed E-state index contributed by atoms with van der Waals surface area (Å²) in [6.45, 7) is 6.55. The third kappa shape index (κ3) is 3.90. The van der Waals surface area contributed by atoms with Crippen molar-refractivity contribution in [1.82, 2.24) is 4.90 Å². The van der Waals surface area contributed by atoms with Crippen molar-refractivity contribution in [3.05, 3.63) is 29.6 Å². The topological polar surface area (TPSA) is 41.3 Å². The third-order valence-electron chi connectivity index (χ3n) is 3.98. The van der Waals surface area contributed by atoms with E-state index in [0.29, 0.717) is 11.5 Å². The standard InChI is InChI=1S/C15H22FN3S/c1-2-19-7-5-11(6-8-19)10-18-12-3-4-13(15(17)20)14(16)9-12/h3-4,9,11,18H,2,5-8,10H2,1H3,(H2,17,20). The molecule has 0 unspecified atom stereocenters. The molecule has 110 valence electrons. The number of nitrogens with two attached hydrogens (primary N) is 1. The van der Waals surface area contributed by atoms with E-state index in [0.717, 1.165) is 31.9 Å². The number of rotatable bonds is 5. The van der Waals surface area contributed by atoms with Crippen molar-refractivity contribution in [3.63, 3.8) is 0 Å². The molecule has 0 saturated carbocycles. The first-order valence-electron chi connectivity index (χ1n) is 7.15. The highest BCUT2D eigenvalue weighted by Crippen LogP contribution is 2.19. The Balaban J connectivity index is 1.85. The molecule has 20 heavy (non-hydrogen) atoms. The van der Waals surface area contributed by atoms with Crippen molar-refractivity contribution >= 4 is 22.9 Å². The Morgan fingerprint density at radius 2 is 2.15 bits per heavy atom. The van der Waals surface area contributed by atoms with Crippen molar-refractivity contribution in [3.8, 4) is 0 Å². The lowest BCUT2D eigenvalue weighted by Crippen LogP contribution is -2.35. The molecule has 1 aromatic rings. The van der Waals surface area contributed by atoms with Crippen LogP contribution in [0.3, 0.4) is 0 Å². The van der Waals surface area contributed by atoms with Crippen molar-refractivity contribution in [2.24, 2.45) is 11.7 Å². The van der Waals surface area contributed by atoms with Gasteiger partial charge in [0.15, 0.2) is 0 Å². The minimum absolute atomic E-state index is 0.0981. The van der Waals surface area contributed by atoms with E-state index in [-0.39, 0.29) is 10.8 Å². The molecule has 1 aromatic carbocycles. The molecule has 0 radical (unpaired) electrons. The molecule has 1 saturated heterocycles. The summed E-state index contributed by atoms with van der Waals surface area (Å²) in [6, 6.07) is 4.94. The Morgan fingerprint density at radius 1 is 1.45 bits per heavy atom. The van der Waals surface area contributed by atoms with Crippen LogP contribution in [-0.4, -0.2) is 36.1 Å². The van der Waals surface area contributed by atoms with Gasteiger partial charge in [0, 0.05) is 17.8 Å². The minimum atomic E-state index is -0.358. The van der Waals surface area contributed by atoms with E-state index in [1.54, 1.807) is 6.07 Å². The fourth-order valence-electron chi connectivity index (χ4n) is 2.59. The summed E-state index contributed by atoms with van der Waals surface area (Å²) in [5.41, 5.74) is 6.55. The number of likely N-dealkylation sites (tertiary alicyclic amines) is 1. The van der Waals surface area contributed by atoms with Crippen LogP contribution in [0.25, 0.3) is 0 Å². The summed E-state index contributed by atoms with van der Waals surface area (Å²) >= 11 is 4.80. The van der Waals surface area contributed by atoms with Crippen LogP contribution in [0.1, 0.15) is 25.3 Å². The smallest absolute Gasteiger partial charge is 0.135 e. The van der Waals surface area contributed by atoms with E-state index >= 15 is 0 Å². The quantitative estimate of drug-likeness (QED) is 0.819. The summed E-state index contributed by atoms with van der Waals surface area (Å²) in [4.78, 5) is 2.56. The Bertz CT molecular complexity index is 470. The lowest BCUT2D eigenvalue weighted by atomic mass is 9.97. The average molecular weight is 295 g/mol. The van der Waals surface area contributed by atoms with E-state index in [1.165, 1.54) is 18.9 Å². The second-order valence-electron chi connectivity index (χ2n) is 5.32. The maximum Gasteiger partial charge on any atom is 0.135 e. The molecule has 0 spiro atoms. The van der Waals surface area contributed by atoms with E-state index in [1.807, 2.05) is 6.07 Å². The lowest BCUT2D eigenvalue weighted by molar-refractivity contribution is 0.198. The molecule has 1 heterocycles. The van der Waals surface area contributed by atoms with Crippen LogP contribution in [0.4, 0.5) is 10.1 Å². The second kappa shape index (κ2) is 6.99. The van der Waals surface area contributed by atoms with Crippen molar-refractivity contribution in [2.75, 3.05) is 31.5 Å². The highest BCUT2D eigenvalue weighted by molar-refractivity contribution is 7.80. The Labute approximate surface area is 125 Å². The number of hydrogen-bond donors (Lipinski definition) is 2. The first kappa shape index (κ1) is 15.2. The van der Waals surface area contributed by atoms with Gasteiger partial charge in [0.2, 0.25) is 0 Å². The monoisotopic (exact) mass is 295 g/mol. The zero-order valence-corrected chi connectivity index (χ0v) is 12.7. The number of halogens is 1. The van der Waals surface area contributed by atoms with Crippen LogP contribution in [0.15, 0.2) is 18.2 Å². The number of hydrogen-bond acceptors (Lipinski definition) is 3. The van der Waals surface area contributed by atoms with Crippen LogP contribution in [0.5, 0.6) is 0 Å². The Hall–Kier alpha value is -1.20. The summed E-state index contributed by atoms with van der Waals surface area (Å²) in [5.74, 6) is 0.305. The fourth-order valence-corrected chi connectivity index (χ4v) is 2.76. The molecule has 0 atom stereocenters. The van der Waals surface area contributed by atoms with E-state index in [2.05, 4.69) is 17.1 Å². The van der Waals surface area contributed by atoms with Crippen LogP contribution >= 0.6 is 12.2 Å². The first-order valence-corrected chi connectivity index (χ1v) is 7.56. The molecular weight excluding hydrogens is 273 g/mol. The van der Waals surface area contributed by atoms with Gasteiger partial charge in [-0.25, -0.2) is 4.39 Å². The molecule has 1 fully saturated rings. The molecule has 0 aliphatic carbocycles. The highest BCUT2D eigenvalue weighted by Gasteiger charge is 2.17. The number of nitrogens with one attached hydrogen (secondary N) is 1. The number of anilines is 1. The largest absolute Gasteiger partial charge is 0.389 e. The highest BCUT2D eigenvalue weighted by atomic mass is 32.1. The molecule has 0 bridgehead atoms. The lowest BCUT2D eigenvalue weighted by Gasteiger charge is -2.31. The van der Waals surface area contributed by atoms with Crippen LogP contribution in [0, 0.1) is 11.7 Å². The van der Waals surface area contributed by atoms with Gasteiger partial charge < -0.3 is 16.0 Å². The van der Waals surface area contributed by atoms with Gasteiger partial charge in [-0.2, -0.15) is 0 Å². The average Bonchev–Trinajstić information content (AvgIpc) is 2.45. The molecule has 1 aliphatic rings. The minimum Gasteiger partial charge on any atom is -0.389 e.